The zero-order valence-corrected chi connectivity index (χ0v) is 11.8. The van der Waals surface area contributed by atoms with E-state index < -0.39 is 12.8 Å². The molecule has 1 atom stereocenters. The van der Waals surface area contributed by atoms with Crippen molar-refractivity contribution in [3.63, 3.8) is 0 Å². The maximum absolute atomic E-state index is 11.9. The van der Waals surface area contributed by atoms with Crippen LogP contribution in [0, 0.1) is 13.8 Å². The summed E-state index contributed by atoms with van der Waals surface area (Å²) in [6.07, 6.45) is -3.18. The maximum atomic E-state index is 11.9. The first-order valence-electron chi connectivity index (χ1n) is 6.48. The number of benzene rings is 1. The summed E-state index contributed by atoms with van der Waals surface area (Å²) in [7, 11) is 0. The predicted molar refractivity (Wildman–Crippen MR) is 72.2 cm³/mol. The van der Waals surface area contributed by atoms with Crippen molar-refractivity contribution in [3.8, 4) is 0 Å². The molecule has 0 saturated heterocycles. The molecule has 6 heteroatoms. The first kappa shape index (κ1) is 16.9. The first-order chi connectivity index (χ1) is 9.31. The summed E-state index contributed by atoms with van der Waals surface area (Å²) in [5.74, 6) is 5.45. The summed E-state index contributed by atoms with van der Waals surface area (Å²) >= 11 is 0. The van der Waals surface area contributed by atoms with E-state index in [9.17, 15) is 13.2 Å². The van der Waals surface area contributed by atoms with Crippen LogP contribution in [0.15, 0.2) is 18.2 Å². The van der Waals surface area contributed by atoms with Crippen LogP contribution in [0.3, 0.4) is 0 Å². The number of aryl methyl sites for hydroxylation is 2. The monoisotopic (exact) mass is 290 g/mol. The second-order valence-corrected chi connectivity index (χ2v) is 4.95. The van der Waals surface area contributed by atoms with Crippen LogP contribution in [0.2, 0.25) is 0 Å². The number of alkyl halides is 3. The zero-order chi connectivity index (χ0) is 15.2. The largest absolute Gasteiger partial charge is 0.411 e. The molecule has 3 nitrogen and oxygen atoms in total. The molecule has 0 bridgehead atoms. The second kappa shape index (κ2) is 7.61. The number of ether oxygens (including phenoxy) is 1. The molecular formula is C14H21F3N2O. The molecule has 1 unspecified atom stereocenters. The van der Waals surface area contributed by atoms with Gasteiger partial charge in [-0.15, -0.1) is 0 Å². The minimum Gasteiger partial charge on any atom is -0.372 e. The maximum Gasteiger partial charge on any atom is 0.411 e. The van der Waals surface area contributed by atoms with Crippen LogP contribution in [0.25, 0.3) is 0 Å². The molecule has 1 rings (SSSR count). The van der Waals surface area contributed by atoms with E-state index in [2.05, 4.69) is 16.2 Å². The van der Waals surface area contributed by atoms with Crippen molar-refractivity contribution in [3.05, 3.63) is 34.9 Å². The summed E-state index contributed by atoms with van der Waals surface area (Å²) < 4.78 is 40.4. The molecule has 0 spiro atoms. The lowest BCUT2D eigenvalue weighted by Gasteiger charge is -2.18. The van der Waals surface area contributed by atoms with E-state index in [1.54, 1.807) is 0 Å². The van der Waals surface area contributed by atoms with Gasteiger partial charge in [0.05, 0.1) is 0 Å². The molecule has 0 heterocycles. The molecule has 0 aliphatic heterocycles. The van der Waals surface area contributed by atoms with Crippen molar-refractivity contribution in [2.75, 3.05) is 13.2 Å². The van der Waals surface area contributed by atoms with Gasteiger partial charge in [0.1, 0.15) is 6.61 Å². The Bertz CT molecular complexity index is 421. The number of hydrogen-bond donors (Lipinski definition) is 2. The number of hydrazine groups is 1. The molecule has 0 aliphatic rings. The molecule has 0 saturated carbocycles. The molecule has 0 radical (unpaired) electrons. The summed E-state index contributed by atoms with van der Waals surface area (Å²) in [6.45, 7) is 2.82. The van der Waals surface area contributed by atoms with Crippen LogP contribution in [0.5, 0.6) is 0 Å². The smallest absolute Gasteiger partial charge is 0.372 e. The Balaban J connectivity index is 2.45. The van der Waals surface area contributed by atoms with E-state index >= 15 is 0 Å². The molecular weight excluding hydrogens is 269 g/mol. The average Bonchev–Trinajstić information content (AvgIpc) is 2.36. The predicted octanol–water partition coefficient (Wildman–Crippen LogP) is 2.65. The van der Waals surface area contributed by atoms with Gasteiger partial charge in [-0.2, -0.15) is 13.2 Å². The minimum atomic E-state index is -4.28. The molecule has 3 N–H and O–H groups in total. The minimum absolute atomic E-state index is 0.0270. The van der Waals surface area contributed by atoms with Crippen molar-refractivity contribution < 1.29 is 17.9 Å². The van der Waals surface area contributed by atoms with Gasteiger partial charge in [-0.05, 0) is 37.8 Å². The summed E-state index contributed by atoms with van der Waals surface area (Å²) in [6, 6.07) is 6.01. The Morgan fingerprint density at radius 3 is 2.60 bits per heavy atom. The molecule has 0 aromatic heterocycles. The quantitative estimate of drug-likeness (QED) is 0.461. The van der Waals surface area contributed by atoms with E-state index in [0.29, 0.717) is 12.8 Å². The van der Waals surface area contributed by atoms with Crippen LogP contribution >= 0.6 is 0 Å². The van der Waals surface area contributed by atoms with Crippen molar-refractivity contribution in [2.24, 2.45) is 5.84 Å². The molecule has 1 aromatic carbocycles. The number of hydrogen-bond acceptors (Lipinski definition) is 3. The van der Waals surface area contributed by atoms with Crippen LogP contribution in [-0.4, -0.2) is 25.4 Å². The Hall–Kier alpha value is -1.11. The van der Waals surface area contributed by atoms with Gasteiger partial charge in [0.25, 0.3) is 0 Å². The van der Waals surface area contributed by atoms with Crippen molar-refractivity contribution in [1.29, 1.82) is 0 Å². The van der Waals surface area contributed by atoms with Crippen LogP contribution in [0.4, 0.5) is 13.2 Å². The lowest BCUT2D eigenvalue weighted by atomic mass is 9.98. The SMILES string of the molecule is Cc1ccc(C)c(CC(CCOCC(F)(F)F)NN)c1. The fourth-order valence-electron chi connectivity index (χ4n) is 1.94. The van der Waals surface area contributed by atoms with E-state index in [0.717, 1.165) is 16.7 Å². The lowest BCUT2D eigenvalue weighted by molar-refractivity contribution is -0.174. The van der Waals surface area contributed by atoms with Gasteiger partial charge in [0, 0.05) is 12.6 Å². The Kier molecular flexibility index (Phi) is 6.45. The van der Waals surface area contributed by atoms with Gasteiger partial charge >= 0.3 is 6.18 Å². The average molecular weight is 290 g/mol. The van der Waals surface area contributed by atoms with Crippen LogP contribution < -0.4 is 11.3 Å². The summed E-state index contributed by atoms with van der Waals surface area (Å²) in [4.78, 5) is 0. The van der Waals surface area contributed by atoms with Gasteiger partial charge in [0.15, 0.2) is 0 Å². The highest BCUT2D eigenvalue weighted by atomic mass is 19.4. The van der Waals surface area contributed by atoms with Gasteiger partial charge in [-0.3, -0.25) is 11.3 Å². The number of nitrogens with two attached hydrogens (primary N) is 1. The van der Waals surface area contributed by atoms with Crippen molar-refractivity contribution in [1.82, 2.24) is 5.43 Å². The summed E-state index contributed by atoms with van der Waals surface area (Å²) in [5, 5.41) is 0. The number of rotatable bonds is 7. The molecule has 0 aliphatic carbocycles. The van der Waals surface area contributed by atoms with Gasteiger partial charge in [-0.1, -0.05) is 23.8 Å². The van der Waals surface area contributed by atoms with Gasteiger partial charge in [-0.25, -0.2) is 0 Å². The highest BCUT2D eigenvalue weighted by Gasteiger charge is 2.27. The zero-order valence-electron chi connectivity index (χ0n) is 11.8. The Morgan fingerprint density at radius 1 is 1.30 bits per heavy atom. The molecule has 114 valence electrons. The third-order valence-electron chi connectivity index (χ3n) is 3.08. The van der Waals surface area contributed by atoms with E-state index in [4.69, 9.17) is 5.84 Å². The van der Waals surface area contributed by atoms with Crippen LogP contribution in [-0.2, 0) is 11.2 Å². The fourth-order valence-corrected chi connectivity index (χ4v) is 1.94. The normalized spacial score (nSPS) is 13.5. The highest BCUT2D eigenvalue weighted by Crippen LogP contribution is 2.16. The van der Waals surface area contributed by atoms with E-state index in [1.165, 1.54) is 0 Å². The Morgan fingerprint density at radius 2 is 2.00 bits per heavy atom. The third-order valence-corrected chi connectivity index (χ3v) is 3.08. The van der Waals surface area contributed by atoms with Crippen molar-refractivity contribution in [2.45, 2.75) is 38.9 Å². The molecule has 1 aromatic rings. The van der Waals surface area contributed by atoms with Gasteiger partial charge in [0.2, 0.25) is 0 Å². The second-order valence-electron chi connectivity index (χ2n) is 4.95. The number of halogens is 3. The number of nitrogens with one attached hydrogen (secondary N) is 1. The topological polar surface area (TPSA) is 47.3 Å². The first-order valence-corrected chi connectivity index (χ1v) is 6.48. The van der Waals surface area contributed by atoms with E-state index in [-0.39, 0.29) is 12.6 Å². The molecule has 0 amide bonds. The fraction of sp³-hybridized carbons (Fsp3) is 0.571. The standard InChI is InChI=1S/C14H21F3N2O/c1-10-3-4-11(2)12(7-10)8-13(19-18)5-6-20-9-14(15,16)17/h3-4,7,13,19H,5-6,8-9,18H2,1-2H3. The Labute approximate surface area is 117 Å². The lowest BCUT2D eigenvalue weighted by Crippen LogP contribution is -2.38. The van der Waals surface area contributed by atoms with Gasteiger partial charge < -0.3 is 4.74 Å². The van der Waals surface area contributed by atoms with E-state index in [1.807, 2.05) is 26.0 Å². The van der Waals surface area contributed by atoms with Crippen LogP contribution in [0.1, 0.15) is 23.1 Å². The third kappa shape index (κ3) is 6.36. The molecule has 20 heavy (non-hydrogen) atoms. The van der Waals surface area contributed by atoms with Crippen molar-refractivity contribution >= 4 is 0 Å². The molecule has 0 fully saturated rings. The summed E-state index contributed by atoms with van der Waals surface area (Å²) in [5.41, 5.74) is 6.07. The highest BCUT2D eigenvalue weighted by molar-refractivity contribution is 5.31.